The quantitative estimate of drug-likeness (QED) is 0.371. The van der Waals surface area contributed by atoms with Crippen molar-refractivity contribution in [2.45, 2.75) is 13.1 Å². The van der Waals surface area contributed by atoms with Crippen LogP contribution in [0.5, 0.6) is 0 Å². The number of nitrogen functional groups attached to an aromatic ring is 1. The van der Waals surface area contributed by atoms with Crippen LogP contribution in [0.1, 0.15) is 27.0 Å². The second kappa shape index (κ2) is 10.2. The number of benzene rings is 3. The van der Waals surface area contributed by atoms with Gasteiger partial charge in [-0.3, -0.25) is 14.5 Å². The van der Waals surface area contributed by atoms with E-state index in [0.29, 0.717) is 11.1 Å². The molecule has 0 aliphatic rings. The number of carbonyl (C=O) groups is 3. The number of rotatable bonds is 8. The summed E-state index contributed by atoms with van der Waals surface area (Å²) < 4.78 is 14.0. The fourth-order valence-corrected chi connectivity index (χ4v) is 3.07. The molecule has 0 radical (unpaired) electrons. The van der Waals surface area contributed by atoms with E-state index in [4.69, 9.17) is 5.73 Å². The monoisotopic (exact) mass is 435 g/mol. The predicted octanol–water partition coefficient (Wildman–Crippen LogP) is 3.44. The van der Waals surface area contributed by atoms with Crippen LogP contribution in [0.4, 0.5) is 14.9 Å². The van der Waals surface area contributed by atoms with E-state index in [9.17, 15) is 23.9 Å². The normalized spacial score (nSPS) is 10.4. The lowest BCUT2D eigenvalue weighted by atomic mass is 10.0. The van der Waals surface area contributed by atoms with E-state index >= 15 is 0 Å². The zero-order chi connectivity index (χ0) is 23.1. The van der Waals surface area contributed by atoms with Crippen molar-refractivity contribution in [1.82, 2.24) is 10.2 Å². The van der Waals surface area contributed by atoms with Crippen molar-refractivity contribution < 1.29 is 23.9 Å². The first-order chi connectivity index (χ1) is 15.3. The van der Waals surface area contributed by atoms with Crippen molar-refractivity contribution in [3.8, 4) is 0 Å². The third-order valence-corrected chi connectivity index (χ3v) is 4.76. The van der Waals surface area contributed by atoms with E-state index in [-0.39, 0.29) is 30.9 Å². The molecule has 0 aliphatic carbocycles. The molecule has 164 valence electrons. The fourth-order valence-electron chi connectivity index (χ4n) is 3.07. The number of hydrogen-bond acceptors (Lipinski definition) is 4. The highest BCUT2D eigenvalue weighted by atomic mass is 19.1. The largest absolute Gasteiger partial charge is 0.465 e. The molecule has 8 heteroatoms. The number of nitrogens with zero attached hydrogens (tertiary/aromatic N) is 1. The van der Waals surface area contributed by atoms with Crippen LogP contribution in [-0.2, 0) is 17.9 Å². The van der Waals surface area contributed by atoms with Crippen molar-refractivity contribution >= 4 is 23.5 Å². The fraction of sp³-hybridized carbons (Fsp3) is 0.125. The van der Waals surface area contributed by atoms with E-state index in [1.165, 1.54) is 12.1 Å². The summed E-state index contributed by atoms with van der Waals surface area (Å²) >= 11 is 0. The maximum Gasteiger partial charge on any atom is 0.408 e. The number of nitrogens with one attached hydrogen (secondary N) is 1. The second-order valence-corrected chi connectivity index (χ2v) is 7.17. The summed E-state index contributed by atoms with van der Waals surface area (Å²) in [6, 6.07) is 19.2. The SMILES string of the molecule is Nc1ccc(C(=O)c2ccc(CNC(=O)CN(Cc3ccccc3)C(=O)O)cc2)c(F)c1. The molecule has 0 fully saturated rings. The Bertz CT molecular complexity index is 1120. The average Bonchev–Trinajstić information content (AvgIpc) is 2.78. The number of amides is 2. The Balaban J connectivity index is 1.56. The highest BCUT2D eigenvalue weighted by molar-refractivity contribution is 6.09. The third-order valence-electron chi connectivity index (χ3n) is 4.76. The van der Waals surface area contributed by atoms with Gasteiger partial charge in [0.15, 0.2) is 5.78 Å². The van der Waals surface area contributed by atoms with Gasteiger partial charge in [0, 0.05) is 24.3 Å². The summed E-state index contributed by atoms with van der Waals surface area (Å²) in [5.74, 6) is -1.62. The Kier molecular flexibility index (Phi) is 7.17. The van der Waals surface area contributed by atoms with E-state index in [1.807, 2.05) is 6.07 Å². The number of ketones is 1. The summed E-state index contributed by atoms with van der Waals surface area (Å²) in [7, 11) is 0. The van der Waals surface area contributed by atoms with Crippen LogP contribution in [-0.4, -0.2) is 34.3 Å². The molecule has 0 aromatic heterocycles. The van der Waals surface area contributed by atoms with Gasteiger partial charge in [-0.15, -0.1) is 0 Å². The minimum atomic E-state index is -1.19. The molecule has 0 bridgehead atoms. The number of halogens is 1. The molecule has 0 atom stereocenters. The van der Waals surface area contributed by atoms with Crippen LogP contribution in [0, 0.1) is 5.82 Å². The van der Waals surface area contributed by atoms with Crippen molar-refractivity contribution in [1.29, 1.82) is 0 Å². The van der Waals surface area contributed by atoms with Crippen molar-refractivity contribution in [3.63, 3.8) is 0 Å². The first kappa shape index (κ1) is 22.5. The van der Waals surface area contributed by atoms with Gasteiger partial charge in [-0.05, 0) is 29.3 Å². The first-order valence-electron chi connectivity index (χ1n) is 9.80. The van der Waals surface area contributed by atoms with Gasteiger partial charge < -0.3 is 16.2 Å². The lowest BCUT2D eigenvalue weighted by Crippen LogP contribution is -2.39. The molecule has 0 spiro atoms. The van der Waals surface area contributed by atoms with Gasteiger partial charge in [0.25, 0.3) is 0 Å². The van der Waals surface area contributed by atoms with Gasteiger partial charge in [-0.1, -0.05) is 54.6 Å². The van der Waals surface area contributed by atoms with Crippen molar-refractivity contribution in [2.24, 2.45) is 0 Å². The van der Waals surface area contributed by atoms with Crippen LogP contribution in [0.25, 0.3) is 0 Å². The summed E-state index contributed by atoms with van der Waals surface area (Å²) in [6.07, 6.45) is -1.19. The predicted molar refractivity (Wildman–Crippen MR) is 117 cm³/mol. The highest BCUT2D eigenvalue weighted by Gasteiger charge is 2.17. The molecular formula is C24H22FN3O4. The van der Waals surface area contributed by atoms with Crippen molar-refractivity contribution in [3.05, 3.63) is 101 Å². The molecule has 0 saturated carbocycles. The number of hydrogen-bond donors (Lipinski definition) is 3. The van der Waals surface area contributed by atoms with Gasteiger partial charge in [0.05, 0.1) is 5.56 Å². The molecule has 0 aliphatic heterocycles. The molecule has 3 aromatic carbocycles. The highest BCUT2D eigenvalue weighted by Crippen LogP contribution is 2.17. The van der Waals surface area contributed by atoms with Crippen LogP contribution in [0.2, 0.25) is 0 Å². The third kappa shape index (κ3) is 5.91. The maximum atomic E-state index is 14.0. The maximum absolute atomic E-state index is 14.0. The van der Waals surface area contributed by atoms with Crippen LogP contribution in [0.3, 0.4) is 0 Å². The molecule has 2 amide bonds. The summed E-state index contributed by atoms with van der Waals surface area (Å²) in [5, 5.41) is 12.0. The van der Waals surface area contributed by atoms with Crippen molar-refractivity contribution in [2.75, 3.05) is 12.3 Å². The van der Waals surface area contributed by atoms with Gasteiger partial charge in [0.1, 0.15) is 12.4 Å². The van der Waals surface area contributed by atoms with Gasteiger partial charge in [-0.25, -0.2) is 9.18 Å². The van der Waals surface area contributed by atoms with E-state index < -0.39 is 23.6 Å². The Morgan fingerprint density at radius 2 is 1.62 bits per heavy atom. The van der Waals surface area contributed by atoms with Crippen LogP contribution < -0.4 is 11.1 Å². The molecule has 3 rings (SSSR count). The molecule has 7 nitrogen and oxygen atoms in total. The molecule has 0 heterocycles. The molecule has 3 aromatic rings. The molecule has 32 heavy (non-hydrogen) atoms. The standard InChI is InChI=1S/C24H22FN3O4/c25-21-12-19(26)10-11-20(21)23(30)18-8-6-16(7-9-18)13-27-22(29)15-28(24(31)32)14-17-4-2-1-3-5-17/h1-12H,13-15,26H2,(H,27,29)(H,31,32). The Labute approximate surface area is 184 Å². The second-order valence-electron chi connectivity index (χ2n) is 7.17. The number of carboxylic acid groups (broad SMARTS) is 1. The first-order valence-corrected chi connectivity index (χ1v) is 9.80. The minimum Gasteiger partial charge on any atom is -0.465 e. The Hall–Kier alpha value is -4.20. The molecule has 0 unspecified atom stereocenters. The van der Waals surface area contributed by atoms with Crippen LogP contribution >= 0.6 is 0 Å². The summed E-state index contributed by atoms with van der Waals surface area (Å²) in [4.78, 5) is 37.2. The Morgan fingerprint density at radius 3 is 2.25 bits per heavy atom. The average molecular weight is 435 g/mol. The number of carbonyl (C=O) groups excluding carboxylic acids is 2. The molecule has 4 N–H and O–H groups in total. The van der Waals surface area contributed by atoms with Gasteiger partial charge in [0.2, 0.25) is 5.91 Å². The van der Waals surface area contributed by atoms with E-state index in [0.717, 1.165) is 16.5 Å². The zero-order valence-corrected chi connectivity index (χ0v) is 17.1. The minimum absolute atomic E-state index is 0.0765. The summed E-state index contributed by atoms with van der Waals surface area (Å²) in [6.45, 7) is -0.0539. The van der Waals surface area contributed by atoms with Gasteiger partial charge >= 0.3 is 6.09 Å². The molecule has 0 saturated heterocycles. The van der Waals surface area contributed by atoms with E-state index in [2.05, 4.69) is 5.32 Å². The molecular weight excluding hydrogens is 413 g/mol. The topological polar surface area (TPSA) is 113 Å². The lowest BCUT2D eigenvalue weighted by molar-refractivity contribution is -0.122. The lowest BCUT2D eigenvalue weighted by Gasteiger charge is -2.19. The zero-order valence-electron chi connectivity index (χ0n) is 17.1. The van der Waals surface area contributed by atoms with E-state index in [1.54, 1.807) is 48.5 Å². The van der Waals surface area contributed by atoms with Gasteiger partial charge in [-0.2, -0.15) is 0 Å². The smallest absolute Gasteiger partial charge is 0.408 e. The number of nitrogens with two attached hydrogens (primary N) is 1. The van der Waals surface area contributed by atoms with Crippen LogP contribution in [0.15, 0.2) is 72.8 Å². The Morgan fingerprint density at radius 1 is 0.938 bits per heavy atom. The number of anilines is 1. The summed E-state index contributed by atoms with van der Waals surface area (Å²) in [5.41, 5.74) is 7.44.